The summed E-state index contributed by atoms with van der Waals surface area (Å²) in [5.74, 6) is 0.0910. The summed E-state index contributed by atoms with van der Waals surface area (Å²) in [6.07, 6.45) is 5.94. The fourth-order valence-electron chi connectivity index (χ4n) is 3.72. The highest BCUT2D eigenvalue weighted by Crippen LogP contribution is 2.20. The molecule has 6 nitrogen and oxygen atoms in total. The molecule has 27 heavy (non-hydrogen) atoms. The molecule has 3 aromatic rings. The van der Waals surface area contributed by atoms with E-state index in [2.05, 4.69) is 19.7 Å². The van der Waals surface area contributed by atoms with Gasteiger partial charge in [0, 0.05) is 26.3 Å². The van der Waals surface area contributed by atoms with Gasteiger partial charge < -0.3 is 4.40 Å². The van der Waals surface area contributed by atoms with Crippen molar-refractivity contribution >= 4 is 17.2 Å². The van der Waals surface area contributed by atoms with Gasteiger partial charge in [0.1, 0.15) is 5.65 Å². The number of pyridine rings is 1. The molecule has 1 N–H and O–H groups in total. The van der Waals surface area contributed by atoms with Crippen LogP contribution in [0.3, 0.4) is 0 Å². The quantitative estimate of drug-likeness (QED) is 0.708. The molecule has 2 aromatic heterocycles. The molecule has 0 bridgehead atoms. The minimum absolute atomic E-state index is 0.00379. The van der Waals surface area contributed by atoms with Crippen LogP contribution in [0.5, 0.6) is 0 Å². The van der Waals surface area contributed by atoms with Gasteiger partial charge in [0.25, 0.3) is 0 Å². The first-order chi connectivity index (χ1) is 13.2. The number of nitrogens with one attached hydrogen (secondary N) is 1. The number of hydrazine groups is 1. The predicted molar refractivity (Wildman–Crippen MR) is 106 cm³/mol. The van der Waals surface area contributed by atoms with E-state index in [1.807, 2.05) is 68.0 Å². The first kappa shape index (κ1) is 17.5. The molecule has 4 rings (SSSR count). The molecule has 1 amide bonds. The number of nitrogens with zero attached hydrogens (tertiary/aromatic N) is 4. The summed E-state index contributed by atoms with van der Waals surface area (Å²) in [6.45, 7) is 2.59. The van der Waals surface area contributed by atoms with Crippen molar-refractivity contribution in [2.45, 2.75) is 19.4 Å². The summed E-state index contributed by atoms with van der Waals surface area (Å²) in [6, 6.07) is 15.9. The van der Waals surface area contributed by atoms with Crippen LogP contribution < -0.4 is 10.4 Å². The number of hydrogen-bond donors (Lipinski definition) is 1. The summed E-state index contributed by atoms with van der Waals surface area (Å²) in [5, 5.41) is 1.80. The maximum atomic E-state index is 12.7. The average Bonchev–Trinajstić information content (AvgIpc) is 3.12. The first-order valence-corrected chi connectivity index (χ1v) is 9.43. The molecular weight excluding hydrogens is 338 g/mol. The van der Waals surface area contributed by atoms with Crippen LogP contribution in [0.2, 0.25) is 0 Å². The minimum atomic E-state index is 0.00379. The number of fused-ring (bicyclic) bond motifs is 1. The zero-order chi connectivity index (χ0) is 18.6. The Bertz CT molecular complexity index is 907. The highest BCUT2D eigenvalue weighted by Gasteiger charge is 2.27. The Morgan fingerprint density at radius 3 is 2.89 bits per heavy atom. The van der Waals surface area contributed by atoms with E-state index in [4.69, 9.17) is 0 Å². The lowest BCUT2D eigenvalue weighted by Crippen LogP contribution is -2.47. The lowest BCUT2D eigenvalue weighted by molar-refractivity contribution is -0.126. The van der Waals surface area contributed by atoms with Crippen LogP contribution in [-0.4, -0.2) is 40.3 Å². The van der Waals surface area contributed by atoms with Gasteiger partial charge >= 0.3 is 0 Å². The first-order valence-electron chi connectivity index (χ1n) is 9.43. The molecule has 1 aliphatic rings. The van der Waals surface area contributed by atoms with E-state index in [9.17, 15) is 4.79 Å². The topological polar surface area (TPSA) is 52.9 Å². The maximum absolute atomic E-state index is 12.7. The minimum Gasteiger partial charge on any atom is -0.303 e. The predicted octanol–water partition coefficient (Wildman–Crippen LogP) is 2.71. The number of piperidine rings is 1. The molecule has 0 saturated carbocycles. The molecule has 0 radical (unpaired) electrons. The summed E-state index contributed by atoms with van der Waals surface area (Å²) >= 11 is 0. The smallest absolute Gasteiger partial charge is 0.242 e. The molecule has 6 heteroatoms. The van der Waals surface area contributed by atoms with E-state index < -0.39 is 0 Å². The zero-order valence-electron chi connectivity index (χ0n) is 15.6. The number of rotatable bonds is 5. The number of aromatic nitrogens is 2. The molecule has 1 unspecified atom stereocenters. The van der Waals surface area contributed by atoms with Gasteiger partial charge in [-0.05, 0) is 43.7 Å². The van der Waals surface area contributed by atoms with Crippen LogP contribution in [0.4, 0.5) is 5.69 Å². The second-order valence-corrected chi connectivity index (χ2v) is 7.12. The van der Waals surface area contributed by atoms with E-state index in [1.165, 1.54) is 0 Å². The summed E-state index contributed by atoms with van der Waals surface area (Å²) in [5.41, 5.74) is 6.12. The second-order valence-electron chi connectivity index (χ2n) is 7.12. The Hall–Kier alpha value is -2.86. The Morgan fingerprint density at radius 2 is 2.04 bits per heavy atom. The Balaban J connectivity index is 1.38. The van der Waals surface area contributed by atoms with E-state index in [1.54, 1.807) is 5.01 Å². The van der Waals surface area contributed by atoms with Crippen LogP contribution in [0.25, 0.3) is 5.65 Å². The SMILES string of the molecule is CN(NC(=O)C1CCCN(Cc2cnc3ccccn23)C1)c1ccccc1. The molecule has 1 atom stereocenters. The molecular formula is C21H25N5O. The van der Waals surface area contributed by atoms with Crippen molar-refractivity contribution in [1.82, 2.24) is 19.7 Å². The largest absolute Gasteiger partial charge is 0.303 e. The van der Waals surface area contributed by atoms with Gasteiger partial charge in [-0.25, -0.2) is 4.98 Å². The molecule has 0 spiro atoms. The number of amides is 1. The van der Waals surface area contributed by atoms with E-state index in [-0.39, 0.29) is 11.8 Å². The molecule has 1 fully saturated rings. The molecule has 3 heterocycles. The fraction of sp³-hybridized carbons (Fsp3) is 0.333. The number of anilines is 1. The van der Waals surface area contributed by atoms with Crippen LogP contribution in [0.15, 0.2) is 60.9 Å². The number of imidazole rings is 1. The van der Waals surface area contributed by atoms with Gasteiger partial charge in [-0.1, -0.05) is 24.3 Å². The lowest BCUT2D eigenvalue weighted by Gasteiger charge is -2.33. The van der Waals surface area contributed by atoms with E-state index in [0.717, 1.165) is 49.5 Å². The lowest BCUT2D eigenvalue weighted by atomic mass is 9.97. The van der Waals surface area contributed by atoms with Crippen molar-refractivity contribution in [2.75, 3.05) is 25.1 Å². The Morgan fingerprint density at radius 1 is 1.22 bits per heavy atom. The Labute approximate surface area is 159 Å². The van der Waals surface area contributed by atoms with Crippen molar-refractivity contribution in [1.29, 1.82) is 0 Å². The summed E-state index contributed by atoms with van der Waals surface area (Å²) < 4.78 is 2.12. The van der Waals surface area contributed by atoms with Gasteiger partial charge in [-0.3, -0.25) is 20.1 Å². The number of carbonyl (C=O) groups excluding carboxylic acids is 1. The van der Waals surface area contributed by atoms with Crippen LogP contribution in [-0.2, 0) is 11.3 Å². The standard InChI is InChI=1S/C21H25N5O/c1-24(18-9-3-2-4-10-18)23-21(27)17-8-7-12-25(15-17)16-19-14-22-20-11-5-6-13-26(19)20/h2-6,9-11,13-14,17H,7-8,12,15-16H2,1H3,(H,23,27). The maximum Gasteiger partial charge on any atom is 0.242 e. The fourth-order valence-corrected chi connectivity index (χ4v) is 3.72. The van der Waals surface area contributed by atoms with E-state index in [0.29, 0.717) is 0 Å². The van der Waals surface area contributed by atoms with Crippen molar-refractivity contribution < 1.29 is 4.79 Å². The third-order valence-electron chi connectivity index (χ3n) is 5.18. The van der Waals surface area contributed by atoms with Crippen LogP contribution >= 0.6 is 0 Å². The van der Waals surface area contributed by atoms with Gasteiger partial charge in [-0.15, -0.1) is 0 Å². The Kier molecular flexibility index (Phi) is 5.07. The van der Waals surface area contributed by atoms with Crippen molar-refractivity contribution in [2.24, 2.45) is 5.92 Å². The van der Waals surface area contributed by atoms with Crippen LogP contribution in [0, 0.1) is 5.92 Å². The van der Waals surface area contributed by atoms with Gasteiger partial charge in [-0.2, -0.15) is 0 Å². The average molecular weight is 363 g/mol. The number of benzene rings is 1. The monoisotopic (exact) mass is 363 g/mol. The number of likely N-dealkylation sites (tertiary alicyclic amines) is 1. The highest BCUT2D eigenvalue weighted by atomic mass is 16.2. The van der Waals surface area contributed by atoms with Crippen LogP contribution in [0.1, 0.15) is 18.5 Å². The highest BCUT2D eigenvalue weighted by molar-refractivity contribution is 5.80. The molecule has 1 saturated heterocycles. The van der Waals surface area contributed by atoms with E-state index >= 15 is 0 Å². The third kappa shape index (κ3) is 3.95. The zero-order valence-corrected chi connectivity index (χ0v) is 15.6. The number of carbonyl (C=O) groups is 1. The van der Waals surface area contributed by atoms with Crippen molar-refractivity contribution in [3.05, 3.63) is 66.6 Å². The molecule has 140 valence electrons. The third-order valence-corrected chi connectivity index (χ3v) is 5.18. The van der Waals surface area contributed by atoms with Gasteiger partial charge in [0.15, 0.2) is 0 Å². The second kappa shape index (κ2) is 7.80. The van der Waals surface area contributed by atoms with Gasteiger partial charge in [0.2, 0.25) is 5.91 Å². The molecule has 1 aromatic carbocycles. The normalized spacial score (nSPS) is 17.7. The van der Waals surface area contributed by atoms with Gasteiger partial charge in [0.05, 0.1) is 23.5 Å². The number of para-hydroxylation sites is 1. The summed E-state index contributed by atoms with van der Waals surface area (Å²) in [4.78, 5) is 19.6. The number of hydrogen-bond acceptors (Lipinski definition) is 4. The van der Waals surface area contributed by atoms with Crippen molar-refractivity contribution in [3.8, 4) is 0 Å². The summed E-state index contributed by atoms with van der Waals surface area (Å²) in [7, 11) is 1.88. The van der Waals surface area contributed by atoms with Crippen molar-refractivity contribution in [3.63, 3.8) is 0 Å². The molecule has 0 aliphatic carbocycles. The molecule has 1 aliphatic heterocycles.